The Kier molecular flexibility index (Phi) is 4.65. The number of carbonyl (C=O) groups is 1. The highest BCUT2D eigenvalue weighted by Gasteiger charge is 2.42. The Morgan fingerprint density at radius 1 is 1.24 bits per heavy atom. The number of hydrogen-bond acceptors (Lipinski definition) is 2. The third kappa shape index (κ3) is 3.16. The van der Waals surface area contributed by atoms with Gasteiger partial charge in [-0.25, -0.2) is 0 Å². The summed E-state index contributed by atoms with van der Waals surface area (Å²) in [4.78, 5) is 12.8. The van der Waals surface area contributed by atoms with E-state index in [0.717, 1.165) is 55.2 Å². The van der Waals surface area contributed by atoms with E-state index in [9.17, 15) is 4.79 Å². The van der Waals surface area contributed by atoms with Crippen molar-refractivity contribution in [1.29, 1.82) is 0 Å². The summed E-state index contributed by atoms with van der Waals surface area (Å²) in [7, 11) is 0. The molecule has 1 unspecified atom stereocenters. The largest absolute Gasteiger partial charge is 0.376 e. The SMILES string of the molecule is O=C(NCC1CCCO1)C1(c2ccc(Br)cc2)CCCC1. The molecular formula is C17H22BrNO2. The van der Waals surface area contributed by atoms with Gasteiger partial charge in [0.05, 0.1) is 11.5 Å². The van der Waals surface area contributed by atoms with E-state index in [0.29, 0.717) is 6.54 Å². The standard InChI is InChI=1S/C17H22BrNO2/c18-14-7-5-13(6-8-14)17(9-1-2-10-17)16(20)19-12-15-4-3-11-21-15/h5-8,15H,1-4,9-12H2,(H,19,20). The van der Waals surface area contributed by atoms with Gasteiger partial charge in [-0.1, -0.05) is 40.9 Å². The predicted molar refractivity (Wildman–Crippen MR) is 86.3 cm³/mol. The molecule has 1 heterocycles. The molecular weight excluding hydrogens is 330 g/mol. The van der Waals surface area contributed by atoms with Crippen LogP contribution < -0.4 is 5.32 Å². The number of amides is 1. The van der Waals surface area contributed by atoms with Crippen LogP contribution in [-0.2, 0) is 14.9 Å². The van der Waals surface area contributed by atoms with Gasteiger partial charge in [-0.3, -0.25) is 4.79 Å². The quantitative estimate of drug-likeness (QED) is 0.900. The van der Waals surface area contributed by atoms with Crippen molar-refractivity contribution in [2.45, 2.75) is 50.0 Å². The number of carbonyl (C=O) groups excluding carboxylic acids is 1. The molecule has 0 radical (unpaired) electrons. The molecule has 4 heteroatoms. The zero-order valence-corrected chi connectivity index (χ0v) is 13.8. The maximum atomic E-state index is 12.8. The maximum Gasteiger partial charge on any atom is 0.230 e. The summed E-state index contributed by atoms with van der Waals surface area (Å²) >= 11 is 3.47. The normalized spacial score (nSPS) is 24.1. The molecule has 1 amide bonds. The van der Waals surface area contributed by atoms with E-state index < -0.39 is 0 Å². The molecule has 0 spiro atoms. The molecule has 1 aromatic rings. The second-order valence-electron chi connectivity index (χ2n) is 6.14. The highest BCUT2D eigenvalue weighted by atomic mass is 79.9. The zero-order chi connectivity index (χ0) is 14.7. The number of nitrogens with one attached hydrogen (secondary N) is 1. The van der Waals surface area contributed by atoms with Gasteiger partial charge in [0.2, 0.25) is 5.91 Å². The molecule has 1 aromatic carbocycles. The first-order valence-electron chi connectivity index (χ1n) is 7.87. The van der Waals surface area contributed by atoms with E-state index in [4.69, 9.17) is 4.74 Å². The Balaban J connectivity index is 1.73. The van der Waals surface area contributed by atoms with E-state index in [2.05, 4.69) is 33.4 Å². The van der Waals surface area contributed by atoms with Gasteiger partial charge in [0, 0.05) is 17.6 Å². The minimum absolute atomic E-state index is 0.179. The molecule has 1 atom stereocenters. The van der Waals surface area contributed by atoms with Gasteiger partial charge in [-0.15, -0.1) is 0 Å². The summed E-state index contributed by atoms with van der Waals surface area (Å²) in [5, 5.41) is 3.14. The van der Waals surface area contributed by atoms with E-state index in [1.54, 1.807) is 0 Å². The molecule has 3 nitrogen and oxygen atoms in total. The Bertz CT molecular complexity index is 488. The van der Waals surface area contributed by atoms with Crippen LogP contribution in [0.5, 0.6) is 0 Å². The molecule has 1 aliphatic carbocycles. The molecule has 0 bridgehead atoms. The van der Waals surface area contributed by atoms with Crippen molar-refractivity contribution < 1.29 is 9.53 Å². The fourth-order valence-electron chi connectivity index (χ4n) is 3.58. The van der Waals surface area contributed by atoms with Crippen LogP contribution in [0.4, 0.5) is 0 Å². The molecule has 2 aliphatic rings. The lowest BCUT2D eigenvalue weighted by Gasteiger charge is -2.29. The third-order valence-corrected chi connectivity index (χ3v) is 5.33. The monoisotopic (exact) mass is 351 g/mol. The number of hydrogen-bond donors (Lipinski definition) is 1. The van der Waals surface area contributed by atoms with E-state index in [1.807, 2.05) is 12.1 Å². The maximum absolute atomic E-state index is 12.8. The molecule has 1 aliphatic heterocycles. The number of rotatable bonds is 4. The zero-order valence-electron chi connectivity index (χ0n) is 12.2. The van der Waals surface area contributed by atoms with Crippen molar-refractivity contribution in [3.63, 3.8) is 0 Å². The molecule has 114 valence electrons. The second-order valence-corrected chi connectivity index (χ2v) is 7.06. The van der Waals surface area contributed by atoms with Crippen LogP contribution in [-0.4, -0.2) is 25.2 Å². The first-order chi connectivity index (χ1) is 10.2. The lowest BCUT2D eigenvalue weighted by atomic mass is 9.78. The van der Waals surface area contributed by atoms with Gasteiger partial charge in [0.15, 0.2) is 0 Å². The topological polar surface area (TPSA) is 38.3 Å². The van der Waals surface area contributed by atoms with Gasteiger partial charge in [-0.05, 0) is 43.4 Å². The van der Waals surface area contributed by atoms with E-state index >= 15 is 0 Å². The molecule has 21 heavy (non-hydrogen) atoms. The highest BCUT2D eigenvalue weighted by molar-refractivity contribution is 9.10. The van der Waals surface area contributed by atoms with Gasteiger partial charge < -0.3 is 10.1 Å². The number of ether oxygens (including phenoxy) is 1. The van der Waals surface area contributed by atoms with Crippen molar-refractivity contribution in [2.24, 2.45) is 0 Å². The fraction of sp³-hybridized carbons (Fsp3) is 0.588. The van der Waals surface area contributed by atoms with E-state index in [-0.39, 0.29) is 17.4 Å². The van der Waals surface area contributed by atoms with Crippen molar-refractivity contribution >= 4 is 21.8 Å². The third-order valence-electron chi connectivity index (χ3n) is 4.80. The number of halogens is 1. The molecule has 1 N–H and O–H groups in total. The smallest absolute Gasteiger partial charge is 0.230 e. The highest BCUT2D eigenvalue weighted by Crippen LogP contribution is 2.41. The van der Waals surface area contributed by atoms with Crippen LogP contribution >= 0.6 is 15.9 Å². The minimum atomic E-state index is -0.334. The van der Waals surface area contributed by atoms with Gasteiger partial charge in [0.25, 0.3) is 0 Å². The Hall–Kier alpha value is -0.870. The summed E-state index contributed by atoms with van der Waals surface area (Å²) in [5.41, 5.74) is 0.812. The van der Waals surface area contributed by atoms with Crippen molar-refractivity contribution in [3.05, 3.63) is 34.3 Å². The molecule has 1 saturated heterocycles. The first kappa shape index (κ1) is 15.0. The minimum Gasteiger partial charge on any atom is -0.376 e. The Morgan fingerprint density at radius 2 is 1.95 bits per heavy atom. The van der Waals surface area contributed by atoms with Crippen LogP contribution in [0.25, 0.3) is 0 Å². The Morgan fingerprint density at radius 3 is 2.57 bits per heavy atom. The summed E-state index contributed by atoms with van der Waals surface area (Å²) in [6, 6.07) is 8.23. The van der Waals surface area contributed by atoms with Crippen molar-refractivity contribution in [2.75, 3.05) is 13.2 Å². The first-order valence-corrected chi connectivity index (χ1v) is 8.66. The molecule has 1 saturated carbocycles. The number of benzene rings is 1. The summed E-state index contributed by atoms with van der Waals surface area (Å²) < 4.78 is 6.65. The molecule has 0 aromatic heterocycles. The van der Waals surface area contributed by atoms with E-state index in [1.165, 1.54) is 0 Å². The van der Waals surface area contributed by atoms with Crippen LogP contribution in [0.3, 0.4) is 0 Å². The second kappa shape index (κ2) is 6.49. The molecule has 3 rings (SSSR count). The lowest BCUT2D eigenvalue weighted by Crippen LogP contribution is -2.45. The average Bonchev–Trinajstić information content (AvgIpc) is 3.17. The average molecular weight is 352 g/mol. The van der Waals surface area contributed by atoms with Crippen molar-refractivity contribution in [3.8, 4) is 0 Å². The predicted octanol–water partition coefficient (Wildman–Crippen LogP) is 3.56. The van der Waals surface area contributed by atoms with Crippen molar-refractivity contribution in [1.82, 2.24) is 5.32 Å². The van der Waals surface area contributed by atoms with Gasteiger partial charge in [0.1, 0.15) is 0 Å². The summed E-state index contributed by atoms with van der Waals surface area (Å²) in [6.45, 7) is 1.48. The van der Waals surface area contributed by atoms with Gasteiger partial charge >= 0.3 is 0 Å². The van der Waals surface area contributed by atoms with Gasteiger partial charge in [-0.2, -0.15) is 0 Å². The van der Waals surface area contributed by atoms with Crippen LogP contribution in [0, 0.1) is 0 Å². The van der Waals surface area contributed by atoms with Crippen LogP contribution in [0.1, 0.15) is 44.1 Å². The molecule has 2 fully saturated rings. The van der Waals surface area contributed by atoms with Crippen LogP contribution in [0.2, 0.25) is 0 Å². The Labute approximate surface area is 134 Å². The summed E-state index contributed by atoms with van der Waals surface area (Å²) in [6.07, 6.45) is 6.53. The fourth-order valence-corrected chi connectivity index (χ4v) is 3.84. The van der Waals surface area contributed by atoms with Crippen LogP contribution in [0.15, 0.2) is 28.7 Å². The lowest BCUT2D eigenvalue weighted by molar-refractivity contribution is -0.127. The summed E-state index contributed by atoms with van der Waals surface area (Å²) in [5.74, 6) is 0.179.